The molecule has 2 rings (SSSR count). The molecule has 0 bridgehead atoms. The van der Waals surface area contributed by atoms with Gasteiger partial charge in [-0.25, -0.2) is 0 Å². The highest BCUT2D eigenvalue weighted by Gasteiger charge is 1.98. The number of benzene rings is 1. The first kappa shape index (κ1) is 9.16. The van der Waals surface area contributed by atoms with E-state index < -0.39 is 0 Å². The second-order valence-corrected chi connectivity index (χ2v) is 3.49. The Morgan fingerprint density at radius 2 is 2.14 bits per heavy atom. The van der Waals surface area contributed by atoms with Gasteiger partial charge in [-0.1, -0.05) is 18.2 Å². The van der Waals surface area contributed by atoms with Crippen molar-refractivity contribution in [1.82, 2.24) is 4.98 Å². The standard InChI is InChI=1S/C12H14N2/c1-9-12-3-2-10(4-6-13)8-11(12)5-7-14-9/h2-3,5,7-8H,4,6,13H2,1H3. The van der Waals surface area contributed by atoms with Crippen molar-refractivity contribution in [1.29, 1.82) is 0 Å². The molecule has 0 amide bonds. The van der Waals surface area contributed by atoms with Gasteiger partial charge in [0.2, 0.25) is 0 Å². The zero-order valence-corrected chi connectivity index (χ0v) is 8.33. The molecule has 0 atom stereocenters. The number of hydrogen-bond donors (Lipinski definition) is 1. The lowest BCUT2D eigenvalue weighted by Gasteiger charge is -2.03. The molecule has 72 valence electrons. The average molecular weight is 186 g/mol. The molecule has 0 saturated heterocycles. The minimum atomic E-state index is 0.704. The lowest BCUT2D eigenvalue weighted by Crippen LogP contribution is -2.02. The van der Waals surface area contributed by atoms with Gasteiger partial charge in [-0.05, 0) is 36.9 Å². The summed E-state index contributed by atoms with van der Waals surface area (Å²) in [5.74, 6) is 0. The number of aryl methyl sites for hydroxylation is 1. The molecule has 0 spiro atoms. The van der Waals surface area contributed by atoms with E-state index in [9.17, 15) is 0 Å². The van der Waals surface area contributed by atoms with Crippen molar-refractivity contribution in [3.8, 4) is 0 Å². The Morgan fingerprint density at radius 1 is 1.29 bits per heavy atom. The van der Waals surface area contributed by atoms with Gasteiger partial charge in [0.15, 0.2) is 0 Å². The Morgan fingerprint density at radius 3 is 2.93 bits per heavy atom. The summed E-state index contributed by atoms with van der Waals surface area (Å²) in [5.41, 5.74) is 7.90. The molecule has 2 N–H and O–H groups in total. The highest BCUT2D eigenvalue weighted by atomic mass is 14.7. The largest absolute Gasteiger partial charge is 0.330 e. The van der Waals surface area contributed by atoms with Gasteiger partial charge in [0.1, 0.15) is 0 Å². The third-order valence-corrected chi connectivity index (χ3v) is 2.46. The molecule has 1 heterocycles. The number of hydrogen-bond acceptors (Lipinski definition) is 2. The van der Waals surface area contributed by atoms with Crippen LogP contribution >= 0.6 is 0 Å². The maximum absolute atomic E-state index is 5.52. The van der Waals surface area contributed by atoms with Crippen molar-refractivity contribution >= 4 is 10.8 Å². The molecule has 2 heteroatoms. The number of aromatic nitrogens is 1. The maximum Gasteiger partial charge on any atom is 0.0450 e. The number of nitrogens with two attached hydrogens (primary N) is 1. The Bertz CT molecular complexity index is 449. The summed E-state index contributed by atoms with van der Waals surface area (Å²) in [5, 5.41) is 2.48. The summed E-state index contributed by atoms with van der Waals surface area (Å²) < 4.78 is 0. The van der Waals surface area contributed by atoms with E-state index in [1.165, 1.54) is 16.3 Å². The average Bonchev–Trinajstić information content (AvgIpc) is 2.18. The Kier molecular flexibility index (Phi) is 2.46. The van der Waals surface area contributed by atoms with Crippen molar-refractivity contribution in [2.24, 2.45) is 5.73 Å². The van der Waals surface area contributed by atoms with E-state index in [0.717, 1.165) is 12.1 Å². The Labute approximate surface area is 83.8 Å². The summed E-state index contributed by atoms with van der Waals surface area (Å²) in [6.45, 7) is 2.74. The normalized spacial score (nSPS) is 10.7. The minimum Gasteiger partial charge on any atom is -0.330 e. The Hall–Kier alpha value is -1.41. The molecule has 2 aromatic rings. The predicted molar refractivity (Wildman–Crippen MR) is 59.2 cm³/mol. The first-order valence-corrected chi connectivity index (χ1v) is 4.85. The molecular weight excluding hydrogens is 172 g/mol. The number of nitrogens with zero attached hydrogens (tertiary/aromatic N) is 1. The van der Waals surface area contributed by atoms with E-state index in [1.54, 1.807) is 0 Å². The van der Waals surface area contributed by atoms with E-state index >= 15 is 0 Å². The van der Waals surface area contributed by atoms with Gasteiger partial charge in [0, 0.05) is 17.3 Å². The zero-order valence-electron chi connectivity index (χ0n) is 8.33. The van der Waals surface area contributed by atoms with Gasteiger partial charge in [0.25, 0.3) is 0 Å². The fraction of sp³-hybridized carbons (Fsp3) is 0.250. The van der Waals surface area contributed by atoms with E-state index in [0.29, 0.717) is 6.54 Å². The van der Waals surface area contributed by atoms with Crippen molar-refractivity contribution in [2.45, 2.75) is 13.3 Å². The van der Waals surface area contributed by atoms with Crippen LogP contribution in [0.3, 0.4) is 0 Å². The first-order chi connectivity index (χ1) is 6.81. The van der Waals surface area contributed by atoms with Crippen LogP contribution in [-0.4, -0.2) is 11.5 Å². The molecule has 0 saturated carbocycles. The fourth-order valence-corrected chi connectivity index (χ4v) is 1.70. The van der Waals surface area contributed by atoms with Gasteiger partial charge >= 0.3 is 0 Å². The van der Waals surface area contributed by atoms with Crippen LogP contribution in [0.25, 0.3) is 10.8 Å². The summed E-state index contributed by atoms with van der Waals surface area (Å²) in [6, 6.07) is 8.49. The molecule has 0 unspecified atom stereocenters. The van der Waals surface area contributed by atoms with Crippen molar-refractivity contribution < 1.29 is 0 Å². The van der Waals surface area contributed by atoms with E-state index in [-0.39, 0.29) is 0 Å². The SMILES string of the molecule is Cc1nccc2cc(CCN)ccc12. The molecule has 2 nitrogen and oxygen atoms in total. The highest BCUT2D eigenvalue weighted by Crippen LogP contribution is 2.17. The van der Waals surface area contributed by atoms with Gasteiger partial charge in [0.05, 0.1) is 0 Å². The molecule has 14 heavy (non-hydrogen) atoms. The van der Waals surface area contributed by atoms with Crippen molar-refractivity contribution in [3.63, 3.8) is 0 Å². The van der Waals surface area contributed by atoms with Crippen LogP contribution in [0.5, 0.6) is 0 Å². The zero-order chi connectivity index (χ0) is 9.97. The summed E-state index contributed by atoms with van der Waals surface area (Å²) in [4.78, 5) is 4.26. The summed E-state index contributed by atoms with van der Waals surface area (Å²) >= 11 is 0. The minimum absolute atomic E-state index is 0.704. The maximum atomic E-state index is 5.52. The lowest BCUT2D eigenvalue weighted by atomic mass is 10.1. The van der Waals surface area contributed by atoms with Crippen LogP contribution in [0, 0.1) is 6.92 Å². The Balaban J connectivity index is 2.56. The molecule has 0 fully saturated rings. The lowest BCUT2D eigenvalue weighted by molar-refractivity contribution is 0.971. The first-order valence-electron chi connectivity index (χ1n) is 4.85. The molecule has 0 radical (unpaired) electrons. The molecular formula is C12H14N2. The number of pyridine rings is 1. The number of rotatable bonds is 2. The van der Waals surface area contributed by atoms with E-state index in [1.807, 2.05) is 19.2 Å². The van der Waals surface area contributed by atoms with Crippen LogP contribution in [-0.2, 0) is 6.42 Å². The van der Waals surface area contributed by atoms with E-state index in [4.69, 9.17) is 5.73 Å². The predicted octanol–water partition coefficient (Wildman–Crippen LogP) is 2.04. The molecule has 0 aliphatic carbocycles. The summed E-state index contributed by atoms with van der Waals surface area (Å²) in [6.07, 6.45) is 2.79. The summed E-state index contributed by atoms with van der Waals surface area (Å²) in [7, 11) is 0. The van der Waals surface area contributed by atoms with Gasteiger partial charge in [-0.2, -0.15) is 0 Å². The highest BCUT2D eigenvalue weighted by molar-refractivity contribution is 5.84. The monoisotopic (exact) mass is 186 g/mol. The van der Waals surface area contributed by atoms with Crippen molar-refractivity contribution in [2.75, 3.05) is 6.54 Å². The molecule has 1 aromatic carbocycles. The smallest absolute Gasteiger partial charge is 0.0450 e. The van der Waals surface area contributed by atoms with Crippen molar-refractivity contribution in [3.05, 3.63) is 41.7 Å². The number of fused-ring (bicyclic) bond motifs is 1. The molecule has 0 aliphatic rings. The quantitative estimate of drug-likeness (QED) is 0.779. The molecule has 0 aliphatic heterocycles. The fourth-order valence-electron chi connectivity index (χ4n) is 1.70. The van der Waals surface area contributed by atoms with Gasteiger partial charge in [-0.15, -0.1) is 0 Å². The molecule has 1 aromatic heterocycles. The third kappa shape index (κ3) is 1.61. The van der Waals surface area contributed by atoms with Crippen LogP contribution < -0.4 is 5.73 Å². The second-order valence-electron chi connectivity index (χ2n) is 3.49. The topological polar surface area (TPSA) is 38.9 Å². The van der Waals surface area contributed by atoms with Crippen LogP contribution in [0.4, 0.5) is 0 Å². The van der Waals surface area contributed by atoms with Gasteiger partial charge < -0.3 is 5.73 Å². The third-order valence-electron chi connectivity index (χ3n) is 2.46. The van der Waals surface area contributed by atoms with Gasteiger partial charge in [-0.3, -0.25) is 4.98 Å². The van der Waals surface area contributed by atoms with Crippen LogP contribution in [0.15, 0.2) is 30.5 Å². The van der Waals surface area contributed by atoms with E-state index in [2.05, 4.69) is 23.2 Å². The second kappa shape index (κ2) is 3.76. The van der Waals surface area contributed by atoms with Crippen LogP contribution in [0.2, 0.25) is 0 Å². The van der Waals surface area contributed by atoms with Crippen LogP contribution in [0.1, 0.15) is 11.3 Å².